The molecular formula is C20H24F5N3O2. The maximum absolute atomic E-state index is 13.3. The predicted molar refractivity (Wildman–Crippen MR) is 98.8 cm³/mol. The number of halogens is 5. The van der Waals surface area contributed by atoms with E-state index in [4.69, 9.17) is 5.73 Å². The molecule has 3 rings (SSSR count). The van der Waals surface area contributed by atoms with Crippen LogP contribution in [0.25, 0.3) is 0 Å². The molecule has 0 bridgehead atoms. The molecule has 10 heteroatoms. The Hall–Kier alpha value is -2.23. The van der Waals surface area contributed by atoms with Crippen molar-refractivity contribution in [3.05, 3.63) is 35.4 Å². The normalized spacial score (nSPS) is 25.1. The number of alkyl halides is 5. The Bertz CT molecular complexity index is 791. The number of hydrogen-bond acceptors (Lipinski definition) is 3. The first kappa shape index (κ1) is 22.5. The van der Waals surface area contributed by atoms with Crippen molar-refractivity contribution < 1.29 is 31.5 Å². The number of nitrogens with zero attached hydrogens (tertiary/aromatic N) is 1. The molecule has 1 atom stereocenters. The second-order valence-corrected chi connectivity index (χ2v) is 8.02. The highest BCUT2D eigenvalue weighted by Crippen LogP contribution is 2.33. The van der Waals surface area contributed by atoms with E-state index in [1.165, 1.54) is 12.1 Å². The summed E-state index contributed by atoms with van der Waals surface area (Å²) >= 11 is 0. The molecular weight excluding hydrogens is 409 g/mol. The van der Waals surface area contributed by atoms with Crippen LogP contribution in [-0.4, -0.2) is 47.8 Å². The van der Waals surface area contributed by atoms with Gasteiger partial charge in [-0.05, 0) is 43.7 Å². The maximum atomic E-state index is 13.3. The molecule has 0 radical (unpaired) electrons. The lowest BCUT2D eigenvalue weighted by Crippen LogP contribution is -2.49. The van der Waals surface area contributed by atoms with Gasteiger partial charge in [-0.3, -0.25) is 9.59 Å². The van der Waals surface area contributed by atoms with E-state index in [2.05, 4.69) is 5.32 Å². The van der Waals surface area contributed by atoms with Crippen molar-refractivity contribution in [2.45, 2.75) is 56.3 Å². The van der Waals surface area contributed by atoms with E-state index >= 15 is 0 Å². The average molecular weight is 433 g/mol. The van der Waals surface area contributed by atoms with E-state index in [0.29, 0.717) is 25.7 Å². The summed E-state index contributed by atoms with van der Waals surface area (Å²) in [7, 11) is 0. The van der Waals surface area contributed by atoms with Gasteiger partial charge in [0.2, 0.25) is 5.91 Å². The number of amides is 2. The van der Waals surface area contributed by atoms with Crippen LogP contribution in [0, 0.1) is 5.92 Å². The number of carbonyl (C=O) groups is 2. The highest BCUT2D eigenvalue weighted by molar-refractivity contribution is 5.96. The van der Waals surface area contributed by atoms with Crippen molar-refractivity contribution in [3.63, 3.8) is 0 Å². The van der Waals surface area contributed by atoms with Crippen molar-refractivity contribution >= 4 is 11.8 Å². The van der Waals surface area contributed by atoms with E-state index in [9.17, 15) is 31.5 Å². The summed E-state index contributed by atoms with van der Waals surface area (Å²) in [6.45, 7) is -0.646. The van der Waals surface area contributed by atoms with Gasteiger partial charge in [0.25, 0.3) is 11.8 Å². The molecule has 1 aromatic carbocycles. The standard InChI is InChI=1S/C20H24F5N3O2/c21-19(22)9-10-28(11-19)18(30)16(26)12-5-7-13(8-6-12)27-17(29)14-3-1-2-4-15(14)20(23,24)25/h1-4,12-13,16H,5-11,26H2,(H,27,29)/t12?,13?,16-/m0/s1. The van der Waals surface area contributed by atoms with Crippen molar-refractivity contribution in [3.8, 4) is 0 Å². The number of hydrogen-bond donors (Lipinski definition) is 2. The summed E-state index contributed by atoms with van der Waals surface area (Å²) in [5.74, 6) is -4.41. The SMILES string of the molecule is N[C@H](C(=O)N1CCC(F)(F)C1)C1CCC(NC(=O)c2ccccc2C(F)(F)F)CC1. The van der Waals surface area contributed by atoms with Gasteiger partial charge in [0, 0.05) is 19.0 Å². The third-order valence-electron chi connectivity index (χ3n) is 5.86. The predicted octanol–water partition coefficient (Wildman–Crippen LogP) is 3.19. The van der Waals surface area contributed by atoms with Crippen LogP contribution < -0.4 is 11.1 Å². The zero-order chi connectivity index (χ0) is 22.1. The highest BCUT2D eigenvalue weighted by atomic mass is 19.4. The minimum absolute atomic E-state index is 0.0243. The molecule has 1 saturated heterocycles. The number of nitrogens with one attached hydrogen (secondary N) is 1. The van der Waals surface area contributed by atoms with Crippen LogP contribution in [0.15, 0.2) is 24.3 Å². The van der Waals surface area contributed by atoms with Gasteiger partial charge >= 0.3 is 6.18 Å². The average Bonchev–Trinajstić information content (AvgIpc) is 3.06. The van der Waals surface area contributed by atoms with Crippen LogP contribution in [0.4, 0.5) is 22.0 Å². The minimum Gasteiger partial charge on any atom is -0.349 e. The topological polar surface area (TPSA) is 75.4 Å². The molecule has 1 aliphatic heterocycles. The first-order chi connectivity index (χ1) is 14.0. The summed E-state index contributed by atoms with van der Waals surface area (Å²) in [6.07, 6.45) is -3.16. The summed E-state index contributed by atoms with van der Waals surface area (Å²) in [5, 5.41) is 2.63. The monoisotopic (exact) mass is 433 g/mol. The molecule has 30 heavy (non-hydrogen) atoms. The minimum atomic E-state index is -4.63. The summed E-state index contributed by atoms with van der Waals surface area (Å²) in [6, 6.07) is 3.34. The Labute approximate surface area is 170 Å². The summed E-state index contributed by atoms with van der Waals surface area (Å²) in [5.41, 5.74) is 4.59. The van der Waals surface area contributed by atoms with Crippen LogP contribution in [0.5, 0.6) is 0 Å². The van der Waals surface area contributed by atoms with Gasteiger partial charge in [-0.25, -0.2) is 8.78 Å². The zero-order valence-corrected chi connectivity index (χ0v) is 16.2. The second-order valence-electron chi connectivity index (χ2n) is 8.02. The molecule has 1 aromatic rings. The number of likely N-dealkylation sites (tertiary alicyclic amines) is 1. The molecule has 1 aliphatic carbocycles. The summed E-state index contributed by atoms with van der Waals surface area (Å²) in [4.78, 5) is 25.9. The van der Waals surface area contributed by atoms with Crippen LogP contribution in [0.3, 0.4) is 0 Å². The van der Waals surface area contributed by atoms with E-state index in [0.717, 1.165) is 17.0 Å². The third-order valence-corrected chi connectivity index (χ3v) is 5.86. The van der Waals surface area contributed by atoms with Gasteiger partial charge in [-0.15, -0.1) is 0 Å². The Kier molecular flexibility index (Phi) is 6.35. The largest absolute Gasteiger partial charge is 0.417 e. The molecule has 1 saturated carbocycles. The van der Waals surface area contributed by atoms with Gasteiger partial charge in [-0.1, -0.05) is 12.1 Å². The molecule has 1 heterocycles. The molecule has 0 spiro atoms. The van der Waals surface area contributed by atoms with Gasteiger partial charge in [0.15, 0.2) is 0 Å². The van der Waals surface area contributed by atoms with Crippen molar-refractivity contribution in [1.29, 1.82) is 0 Å². The molecule has 5 nitrogen and oxygen atoms in total. The first-order valence-corrected chi connectivity index (χ1v) is 9.87. The van der Waals surface area contributed by atoms with Gasteiger partial charge in [0.1, 0.15) is 0 Å². The molecule has 166 valence electrons. The van der Waals surface area contributed by atoms with Gasteiger partial charge < -0.3 is 16.0 Å². The second kappa shape index (κ2) is 8.49. The fourth-order valence-electron chi connectivity index (χ4n) is 4.15. The van der Waals surface area contributed by atoms with Crippen molar-refractivity contribution in [2.24, 2.45) is 11.7 Å². The Morgan fingerprint density at radius 2 is 1.77 bits per heavy atom. The smallest absolute Gasteiger partial charge is 0.349 e. The maximum Gasteiger partial charge on any atom is 0.417 e. The van der Waals surface area contributed by atoms with Crippen molar-refractivity contribution in [1.82, 2.24) is 10.2 Å². The zero-order valence-electron chi connectivity index (χ0n) is 16.2. The number of rotatable bonds is 4. The van der Waals surface area contributed by atoms with E-state index in [1.54, 1.807) is 0 Å². The fraction of sp³-hybridized carbons (Fsp3) is 0.600. The number of benzene rings is 1. The lowest BCUT2D eigenvalue weighted by atomic mass is 9.81. The molecule has 2 amide bonds. The lowest BCUT2D eigenvalue weighted by molar-refractivity contribution is -0.138. The third kappa shape index (κ3) is 5.08. The quantitative estimate of drug-likeness (QED) is 0.717. The van der Waals surface area contributed by atoms with Gasteiger partial charge in [-0.2, -0.15) is 13.2 Å². The molecule has 2 fully saturated rings. The molecule has 2 aliphatic rings. The van der Waals surface area contributed by atoms with Crippen LogP contribution in [0.2, 0.25) is 0 Å². The Morgan fingerprint density at radius 1 is 1.13 bits per heavy atom. The fourth-order valence-corrected chi connectivity index (χ4v) is 4.15. The Balaban J connectivity index is 1.54. The number of nitrogens with two attached hydrogens (primary N) is 1. The first-order valence-electron chi connectivity index (χ1n) is 9.87. The van der Waals surface area contributed by atoms with Crippen LogP contribution in [0.1, 0.15) is 48.0 Å². The molecule has 3 N–H and O–H groups in total. The number of carbonyl (C=O) groups excluding carboxylic acids is 2. The van der Waals surface area contributed by atoms with E-state index in [1.807, 2.05) is 0 Å². The highest BCUT2D eigenvalue weighted by Gasteiger charge is 2.43. The molecule has 0 aromatic heterocycles. The van der Waals surface area contributed by atoms with E-state index in [-0.39, 0.29) is 24.9 Å². The van der Waals surface area contributed by atoms with Crippen LogP contribution in [-0.2, 0) is 11.0 Å². The lowest BCUT2D eigenvalue weighted by Gasteiger charge is -2.33. The summed E-state index contributed by atoms with van der Waals surface area (Å²) < 4.78 is 66.0. The Morgan fingerprint density at radius 3 is 2.33 bits per heavy atom. The van der Waals surface area contributed by atoms with Crippen LogP contribution >= 0.6 is 0 Å². The van der Waals surface area contributed by atoms with E-state index < -0.39 is 47.6 Å². The molecule has 0 unspecified atom stereocenters. The van der Waals surface area contributed by atoms with Gasteiger partial charge in [0.05, 0.1) is 23.7 Å². The van der Waals surface area contributed by atoms with Crippen molar-refractivity contribution in [2.75, 3.05) is 13.1 Å².